The Bertz CT molecular complexity index is 714. The minimum Gasteiger partial charge on any atom is -0.392 e. The van der Waals surface area contributed by atoms with Crippen LogP contribution in [0.2, 0.25) is 0 Å². The summed E-state index contributed by atoms with van der Waals surface area (Å²) in [6.07, 6.45) is 0. The van der Waals surface area contributed by atoms with Gasteiger partial charge in [-0.2, -0.15) is 0 Å². The third kappa shape index (κ3) is 3.30. The summed E-state index contributed by atoms with van der Waals surface area (Å²) in [6, 6.07) is 22.9. The van der Waals surface area contributed by atoms with Crippen LogP contribution in [-0.4, -0.2) is 5.11 Å². The van der Waals surface area contributed by atoms with Crippen molar-refractivity contribution in [2.75, 3.05) is 0 Å². The lowest BCUT2D eigenvalue weighted by Gasteiger charge is -2.09. The third-order valence-electron chi connectivity index (χ3n) is 3.73. The minimum absolute atomic E-state index is 0.101. The molecule has 2 nitrogen and oxygen atoms in total. The van der Waals surface area contributed by atoms with Crippen LogP contribution < -0.4 is 5.32 Å². The van der Waals surface area contributed by atoms with Gasteiger partial charge in [-0.05, 0) is 27.5 Å². The average molecular weight is 277 g/mol. The molecule has 2 N–H and O–H groups in total. The maximum atomic E-state index is 9.04. The highest BCUT2D eigenvalue weighted by molar-refractivity contribution is 5.85. The molecule has 0 aromatic heterocycles. The molecule has 3 aromatic rings. The topological polar surface area (TPSA) is 32.3 Å². The number of aliphatic hydroxyl groups is 1. The molecule has 0 heterocycles. The van der Waals surface area contributed by atoms with Crippen molar-refractivity contribution in [2.45, 2.75) is 19.7 Å². The van der Waals surface area contributed by atoms with Crippen LogP contribution in [-0.2, 0) is 19.7 Å². The molecule has 0 unspecified atom stereocenters. The third-order valence-corrected chi connectivity index (χ3v) is 3.73. The van der Waals surface area contributed by atoms with Crippen LogP contribution in [0, 0.1) is 0 Å². The smallest absolute Gasteiger partial charge is 0.0681 e. The van der Waals surface area contributed by atoms with E-state index in [1.54, 1.807) is 0 Å². The molecular weight excluding hydrogens is 258 g/mol. The summed E-state index contributed by atoms with van der Waals surface area (Å²) >= 11 is 0. The summed E-state index contributed by atoms with van der Waals surface area (Å²) < 4.78 is 0. The SMILES string of the molecule is OCc1ccc(CNCc2cccc3ccccc23)cc1. The molecule has 21 heavy (non-hydrogen) atoms. The number of nitrogens with one attached hydrogen (secondary N) is 1. The zero-order valence-electron chi connectivity index (χ0n) is 11.9. The molecule has 0 saturated heterocycles. The van der Waals surface area contributed by atoms with Crippen LogP contribution in [0.4, 0.5) is 0 Å². The van der Waals surface area contributed by atoms with Gasteiger partial charge in [0.05, 0.1) is 6.61 Å². The first-order chi connectivity index (χ1) is 10.4. The van der Waals surface area contributed by atoms with Crippen LogP contribution in [0.5, 0.6) is 0 Å². The van der Waals surface area contributed by atoms with E-state index < -0.39 is 0 Å². The summed E-state index contributed by atoms with van der Waals surface area (Å²) in [5.74, 6) is 0. The van der Waals surface area contributed by atoms with Crippen molar-refractivity contribution in [3.05, 3.63) is 83.4 Å². The van der Waals surface area contributed by atoms with E-state index in [0.717, 1.165) is 18.7 Å². The Balaban J connectivity index is 1.66. The number of aliphatic hydroxyl groups excluding tert-OH is 1. The summed E-state index contributed by atoms with van der Waals surface area (Å²) in [7, 11) is 0. The molecule has 3 aromatic carbocycles. The highest BCUT2D eigenvalue weighted by Crippen LogP contribution is 2.18. The van der Waals surface area contributed by atoms with Gasteiger partial charge in [0.2, 0.25) is 0 Å². The number of benzene rings is 3. The van der Waals surface area contributed by atoms with Gasteiger partial charge in [-0.1, -0.05) is 66.7 Å². The van der Waals surface area contributed by atoms with E-state index in [1.807, 2.05) is 12.1 Å². The second-order valence-corrected chi connectivity index (χ2v) is 5.22. The molecule has 0 atom stereocenters. The molecule has 0 spiro atoms. The Labute approximate surface area is 125 Å². The van der Waals surface area contributed by atoms with E-state index in [9.17, 15) is 0 Å². The Morgan fingerprint density at radius 3 is 2.24 bits per heavy atom. The number of rotatable bonds is 5. The number of hydrogen-bond acceptors (Lipinski definition) is 2. The van der Waals surface area contributed by atoms with Crippen LogP contribution >= 0.6 is 0 Å². The predicted octanol–water partition coefficient (Wildman–Crippen LogP) is 3.62. The Kier molecular flexibility index (Phi) is 4.29. The molecule has 0 radical (unpaired) electrons. The maximum Gasteiger partial charge on any atom is 0.0681 e. The Hall–Kier alpha value is -2.16. The highest BCUT2D eigenvalue weighted by Gasteiger charge is 2.00. The standard InChI is InChI=1S/C19H19NO/c21-14-16-10-8-15(9-11-16)12-20-13-18-6-3-5-17-4-1-2-7-19(17)18/h1-11,20-21H,12-14H2. The summed E-state index contributed by atoms with van der Waals surface area (Å²) in [5, 5.41) is 15.1. The summed E-state index contributed by atoms with van der Waals surface area (Å²) in [6.45, 7) is 1.78. The van der Waals surface area contributed by atoms with Gasteiger partial charge in [0, 0.05) is 13.1 Å². The average Bonchev–Trinajstić information content (AvgIpc) is 2.56. The van der Waals surface area contributed by atoms with Gasteiger partial charge in [-0.15, -0.1) is 0 Å². The zero-order valence-corrected chi connectivity index (χ0v) is 11.9. The lowest BCUT2D eigenvalue weighted by molar-refractivity contribution is 0.282. The van der Waals surface area contributed by atoms with E-state index in [1.165, 1.54) is 21.9 Å². The van der Waals surface area contributed by atoms with E-state index in [4.69, 9.17) is 5.11 Å². The second-order valence-electron chi connectivity index (χ2n) is 5.22. The summed E-state index contributed by atoms with van der Waals surface area (Å²) in [5.41, 5.74) is 3.50. The fraction of sp³-hybridized carbons (Fsp3) is 0.158. The molecule has 0 bridgehead atoms. The van der Waals surface area contributed by atoms with Crippen molar-refractivity contribution >= 4 is 10.8 Å². The van der Waals surface area contributed by atoms with Crippen LogP contribution in [0.15, 0.2) is 66.7 Å². The van der Waals surface area contributed by atoms with Crippen molar-refractivity contribution in [1.82, 2.24) is 5.32 Å². The first kappa shape index (κ1) is 13.8. The van der Waals surface area contributed by atoms with Crippen molar-refractivity contribution in [3.63, 3.8) is 0 Å². The number of fused-ring (bicyclic) bond motifs is 1. The molecule has 3 rings (SSSR count). The maximum absolute atomic E-state index is 9.04. The van der Waals surface area contributed by atoms with Gasteiger partial charge in [-0.3, -0.25) is 0 Å². The molecule has 0 aliphatic carbocycles. The van der Waals surface area contributed by atoms with Crippen LogP contribution in [0.3, 0.4) is 0 Å². The first-order valence-corrected chi connectivity index (χ1v) is 7.23. The van der Waals surface area contributed by atoms with E-state index in [-0.39, 0.29) is 6.61 Å². The lowest BCUT2D eigenvalue weighted by atomic mass is 10.0. The normalized spacial score (nSPS) is 10.9. The zero-order chi connectivity index (χ0) is 14.5. The van der Waals surface area contributed by atoms with E-state index in [0.29, 0.717) is 0 Å². The van der Waals surface area contributed by atoms with Crippen LogP contribution in [0.1, 0.15) is 16.7 Å². The van der Waals surface area contributed by atoms with Crippen molar-refractivity contribution < 1.29 is 5.11 Å². The summed E-state index contributed by atoms with van der Waals surface area (Å²) in [4.78, 5) is 0. The second kappa shape index (κ2) is 6.53. The molecule has 106 valence electrons. The Morgan fingerprint density at radius 2 is 1.43 bits per heavy atom. The van der Waals surface area contributed by atoms with Gasteiger partial charge in [-0.25, -0.2) is 0 Å². The predicted molar refractivity (Wildman–Crippen MR) is 86.9 cm³/mol. The van der Waals surface area contributed by atoms with Gasteiger partial charge >= 0.3 is 0 Å². The van der Waals surface area contributed by atoms with Gasteiger partial charge in [0.1, 0.15) is 0 Å². The molecule has 0 aliphatic heterocycles. The fourth-order valence-corrected chi connectivity index (χ4v) is 2.55. The molecular formula is C19H19NO. The quantitative estimate of drug-likeness (QED) is 0.746. The first-order valence-electron chi connectivity index (χ1n) is 7.23. The molecule has 2 heteroatoms. The van der Waals surface area contributed by atoms with E-state index >= 15 is 0 Å². The monoisotopic (exact) mass is 277 g/mol. The highest BCUT2D eigenvalue weighted by atomic mass is 16.3. The van der Waals surface area contributed by atoms with Crippen molar-refractivity contribution in [2.24, 2.45) is 0 Å². The van der Waals surface area contributed by atoms with Crippen LogP contribution in [0.25, 0.3) is 10.8 Å². The van der Waals surface area contributed by atoms with Gasteiger partial charge in [0.15, 0.2) is 0 Å². The van der Waals surface area contributed by atoms with Crippen molar-refractivity contribution in [3.8, 4) is 0 Å². The number of hydrogen-bond donors (Lipinski definition) is 2. The largest absolute Gasteiger partial charge is 0.392 e. The molecule has 0 fully saturated rings. The molecule has 0 aliphatic rings. The lowest BCUT2D eigenvalue weighted by Crippen LogP contribution is -2.12. The Morgan fingerprint density at radius 1 is 0.714 bits per heavy atom. The minimum atomic E-state index is 0.101. The van der Waals surface area contributed by atoms with Gasteiger partial charge < -0.3 is 10.4 Å². The van der Waals surface area contributed by atoms with Crippen molar-refractivity contribution in [1.29, 1.82) is 0 Å². The fourth-order valence-electron chi connectivity index (χ4n) is 2.55. The molecule has 0 amide bonds. The van der Waals surface area contributed by atoms with E-state index in [2.05, 4.69) is 59.9 Å². The molecule has 0 saturated carbocycles. The van der Waals surface area contributed by atoms with Gasteiger partial charge in [0.25, 0.3) is 0 Å².